The van der Waals surface area contributed by atoms with Gasteiger partial charge in [0, 0.05) is 26.4 Å². The molecular weight excluding hydrogens is 268 g/mol. The van der Waals surface area contributed by atoms with E-state index in [4.69, 9.17) is 4.74 Å². The first-order chi connectivity index (χ1) is 10.1. The van der Waals surface area contributed by atoms with Gasteiger partial charge in [0.1, 0.15) is 0 Å². The zero-order valence-electron chi connectivity index (χ0n) is 13.2. The summed E-state index contributed by atoms with van der Waals surface area (Å²) < 4.78 is 6.77. The van der Waals surface area contributed by atoms with Crippen molar-refractivity contribution >= 4 is 11.7 Å². The van der Waals surface area contributed by atoms with E-state index in [1.807, 2.05) is 18.1 Å². The first kappa shape index (κ1) is 15.8. The van der Waals surface area contributed by atoms with E-state index < -0.39 is 0 Å². The Kier molecular flexibility index (Phi) is 5.61. The summed E-state index contributed by atoms with van der Waals surface area (Å²) in [5, 5.41) is 7.11. The minimum Gasteiger partial charge on any atom is -0.383 e. The van der Waals surface area contributed by atoms with Crippen LogP contribution in [0.3, 0.4) is 0 Å². The summed E-state index contributed by atoms with van der Waals surface area (Å²) in [5.74, 6) is 0.704. The predicted molar refractivity (Wildman–Crippen MR) is 82.3 cm³/mol. The maximum absolute atomic E-state index is 12.3. The Morgan fingerprint density at radius 1 is 1.57 bits per heavy atom. The minimum atomic E-state index is -0.0552. The number of hydrogen-bond acceptors (Lipinski definition) is 3. The lowest BCUT2D eigenvalue weighted by Crippen LogP contribution is -2.42. The lowest BCUT2D eigenvalue weighted by Gasteiger charge is -2.34. The topological polar surface area (TPSA) is 59.4 Å². The van der Waals surface area contributed by atoms with Crippen LogP contribution in [0, 0.1) is 5.92 Å². The summed E-state index contributed by atoms with van der Waals surface area (Å²) in [6.45, 7) is 3.55. The molecule has 6 heteroatoms. The van der Waals surface area contributed by atoms with Gasteiger partial charge in [-0.25, -0.2) is 4.79 Å². The number of anilines is 1. The van der Waals surface area contributed by atoms with Gasteiger partial charge in [0.25, 0.3) is 0 Å². The SMILES string of the molecule is COCCn1cc(NC(=O)N(C)[C@@H]2CCC[C@H](C)C2)cn1. The zero-order chi connectivity index (χ0) is 15.2. The van der Waals surface area contributed by atoms with Crippen molar-refractivity contribution in [2.24, 2.45) is 5.92 Å². The normalized spacial score (nSPS) is 22.0. The van der Waals surface area contributed by atoms with Crippen molar-refractivity contribution in [2.45, 2.75) is 45.2 Å². The van der Waals surface area contributed by atoms with Gasteiger partial charge in [-0.3, -0.25) is 4.68 Å². The van der Waals surface area contributed by atoms with Gasteiger partial charge in [-0.1, -0.05) is 19.8 Å². The minimum absolute atomic E-state index is 0.0552. The number of carbonyl (C=O) groups is 1. The first-order valence-electron chi connectivity index (χ1n) is 7.65. The van der Waals surface area contributed by atoms with Crippen molar-refractivity contribution in [3.63, 3.8) is 0 Å². The monoisotopic (exact) mass is 294 g/mol. The number of nitrogens with zero attached hydrogens (tertiary/aromatic N) is 3. The van der Waals surface area contributed by atoms with Crippen LogP contribution in [0.25, 0.3) is 0 Å². The van der Waals surface area contributed by atoms with E-state index in [9.17, 15) is 4.79 Å². The van der Waals surface area contributed by atoms with Crippen molar-refractivity contribution < 1.29 is 9.53 Å². The Bertz CT molecular complexity index is 460. The molecule has 0 saturated heterocycles. The molecule has 0 radical (unpaired) electrons. The maximum Gasteiger partial charge on any atom is 0.321 e. The third-order valence-electron chi connectivity index (χ3n) is 4.19. The van der Waals surface area contributed by atoms with E-state index in [1.54, 1.807) is 18.0 Å². The third-order valence-corrected chi connectivity index (χ3v) is 4.19. The summed E-state index contributed by atoms with van der Waals surface area (Å²) in [7, 11) is 3.54. The number of ether oxygens (including phenoxy) is 1. The average Bonchev–Trinajstić information content (AvgIpc) is 2.91. The van der Waals surface area contributed by atoms with Crippen LogP contribution in [-0.4, -0.2) is 47.5 Å². The van der Waals surface area contributed by atoms with Crippen LogP contribution in [0.1, 0.15) is 32.6 Å². The molecule has 0 bridgehead atoms. The molecule has 118 valence electrons. The highest BCUT2D eigenvalue weighted by molar-refractivity contribution is 5.89. The molecule has 1 aromatic rings. The van der Waals surface area contributed by atoms with Crippen LogP contribution in [0.2, 0.25) is 0 Å². The van der Waals surface area contributed by atoms with Crippen molar-refractivity contribution in [2.75, 3.05) is 26.1 Å². The van der Waals surface area contributed by atoms with Crippen molar-refractivity contribution in [1.29, 1.82) is 0 Å². The fourth-order valence-electron chi connectivity index (χ4n) is 2.87. The number of amides is 2. The number of methoxy groups -OCH3 is 1. The van der Waals surface area contributed by atoms with Crippen molar-refractivity contribution in [1.82, 2.24) is 14.7 Å². The molecule has 2 rings (SSSR count). The van der Waals surface area contributed by atoms with Crippen LogP contribution in [0.5, 0.6) is 0 Å². The molecule has 1 fully saturated rings. The van der Waals surface area contributed by atoms with Crippen molar-refractivity contribution in [3.05, 3.63) is 12.4 Å². The molecule has 0 aromatic carbocycles. The standard InChI is InChI=1S/C15H26N4O2/c1-12-5-4-6-14(9-12)18(2)15(20)17-13-10-16-19(11-13)7-8-21-3/h10-12,14H,4-9H2,1-3H3,(H,17,20)/t12-,14+/m0/s1. The summed E-state index contributed by atoms with van der Waals surface area (Å²) in [6, 6.07) is 0.290. The number of aromatic nitrogens is 2. The summed E-state index contributed by atoms with van der Waals surface area (Å²) in [4.78, 5) is 14.1. The third kappa shape index (κ3) is 4.46. The van der Waals surface area contributed by atoms with Crippen LogP contribution >= 0.6 is 0 Å². The molecule has 1 aromatic heterocycles. The first-order valence-corrected chi connectivity index (χ1v) is 7.65. The average molecular weight is 294 g/mol. The molecule has 1 aliphatic rings. The van der Waals surface area contributed by atoms with E-state index in [0.717, 1.165) is 18.5 Å². The number of rotatable bonds is 5. The van der Waals surface area contributed by atoms with Gasteiger partial charge >= 0.3 is 6.03 Å². The Morgan fingerprint density at radius 2 is 2.38 bits per heavy atom. The smallest absolute Gasteiger partial charge is 0.321 e. The van der Waals surface area contributed by atoms with Crippen LogP contribution in [-0.2, 0) is 11.3 Å². The molecule has 0 spiro atoms. The van der Waals surface area contributed by atoms with E-state index in [-0.39, 0.29) is 6.03 Å². The van der Waals surface area contributed by atoms with E-state index in [1.165, 1.54) is 12.8 Å². The van der Waals surface area contributed by atoms with Gasteiger partial charge in [0.2, 0.25) is 0 Å². The molecule has 0 unspecified atom stereocenters. The molecule has 1 aliphatic carbocycles. The number of carbonyl (C=O) groups excluding carboxylic acids is 1. The highest BCUT2D eigenvalue weighted by Gasteiger charge is 2.25. The highest BCUT2D eigenvalue weighted by Crippen LogP contribution is 2.26. The Balaban J connectivity index is 1.86. The number of urea groups is 1. The van der Waals surface area contributed by atoms with Gasteiger partial charge in [-0.15, -0.1) is 0 Å². The lowest BCUT2D eigenvalue weighted by molar-refractivity contribution is 0.171. The van der Waals surface area contributed by atoms with Gasteiger partial charge in [0.15, 0.2) is 0 Å². The second kappa shape index (κ2) is 7.45. The Labute approximate surface area is 126 Å². The molecule has 1 saturated carbocycles. The van der Waals surface area contributed by atoms with E-state index in [2.05, 4.69) is 17.3 Å². The largest absolute Gasteiger partial charge is 0.383 e. The van der Waals surface area contributed by atoms with Crippen LogP contribution < -0.4 is 5.32 Å². The molecule has 0 aliphatic heterocycles. The Morgan fingerprint density at radius 3 is 3.10 bits per heavy atom. The maximum atomic E-state index is 12.3. The fraction of sp³-hybridized carbons (Fsp3) is 0.733. The summed E-state index contributed by atoms with van der Waals surface area (Å²) >= 11 is 0. The second-order valence-electron chi connectivity index (χ2n) is 5.95. The fourth-order valence-corrected chi connectivity index (χ4v) is 2.87. The molecule has 1 heterocycles. The molecule has 2 amide bonds. The molecular formula is C15H26N4O2. The molecule has 6 nitrogen and oxygen atoms in total. The summed E-state index contributed by atoms with van der Waals surface area (Å²) in [5.41, 5.74) is 0.729. The van der Waals surface area contributed by atoms with Gasteiger partial charge in [-0.2, -0.15) is 5.10 Å². The van der Waals surface area contributed by atoms with E-state index in [0.29, 0.717) is 25.1 Å². The van der Waals surface area contributed by atoms with Gasteiger partial charge in [-0.05, 0) is 18.8 Å². The Hall–Kier alpha value is -1.56. The van der Waals surface area contributed by atoms with Crippen molar-refractivity contribution in [3.8, 4) is 0 Å². The van der Waals surface area contributed by atoms with Gasteiger partial charge < -0.3 is 15.0 Å². The van der Waals surface area contributed by atoms with Gasteiger partial charge in [0.05, 0.1) is 25.0 Å². The quantitative estimate of drug-likeness (QED) is 0.908. The van der Waals surface area contributed by atoms with Crippen LogP contribution in [0.4, 0.5) is 10.5 Å². The van der Waals surface area contributed by atoms with Crippen LogP contribution in [0.15, 0.2) is 12.4 Å². The molecule has 21 heavy (non-hydrogen) atoms. The molecule has 1 N–H and O–H groups in total. The molecule has 2 atom stereocenters. The second-order valence-corrected chi connectivity index (χ2v) is 5.95. The number of hydrogen-bond donors (Lipinski definition) is 1. The lowest BCUT2D eigenvalue weighted by atomic mass is 9.86. The predicted octanol–water partition coefficient (Wildman–Crippen LogP) is 2.57. The zero-order valence-corrected chi connectivity index (χ0v) is 13.2. The number of nitrogens with one attached hydrogen (secondary N) is 1. The highest BCUT2D eigenvalue weighted by atomic mass is 16.5. The van der Waals surface area contributed by atoms with E-state index >= 15 is 0 Å². The summed E-state index contributed by atoms with van der Waals surface area (Å²) in [6.07, 6.45) is 8.17.